The van der Waals surface area contributed by atoms with E-state index in [1.807, 2.05) is 18.2 Å². The van der Waals surface area contributed by atoms with Crippen molar-refractivity contribution in [3.63, 3.8) is 0 Å². The molecule has 6 unspecified atom stereocenters. The molecule has 2 bridgehead atoms. The number of fused-ring (bicyclic) bond motifs is 9. The van der Waals surface area contributed by atoms with Gasteiger partial charge in [-0.25, -0.2) is 0 Å². The van der Waals surface area contributed by atoms with Crippen molar-refractivity contribution in [3.05, 3.63) is 44.4 Å². The van der Waals surface area contributed by atoms with Gasteiger partial charge in [0, 0.05) is 29.1 Å². The van der Waals surface area contributed by atoms with Crippen molar-refractivity contribution in [2.45, 2.75) is 22.6 Å². The number of rotatable bonds is 6. The predicted octanol–water partition coefficient (Wildman–Crippen LogP) is 1.23. The SMILES string of the molecule is O=C(O)CN1C(=O)C2C3CC(C2C1=O)C1C3Sc2[nH]c(=O)sc2[C@@H]1c1cccc(OCC(=O)N2CCOCC2)c1. The van der Waals surface area contributed by atoms with Crippen molar-refractivity contribution in [1.29, 1.82) is 0 Å². The van der Waals surface area contributed by atoms with Crippen LogP contribution in [0.4, 0.5) is 0 Å². The number of ether oxygens (including phenoxy) is 2. The van der Waals surface area contributed by atoms with Crippen LogP contribution in [0, 0.1) is 29.6 Å². The average molecular weight is 586 g/mol. The summed E-state index contributed by atoms with van der Waals surface area (Å²) in [5.74, 6) is -2.99. The van der Waals surface area contributed by atoms with Crippen LogP contribution in [0.2, 0.25) is 0 Å². The molecule has 40 heavy (non-hydrogen) atoms. The number of nitrogens with zero attached hydrogens (tertiary/aromatic N) is 2. The quantitative estimate of drug-likeness (QED) is 0.478. The number of likely N-dealkylation sites (tertiary alicyclic amines) is 1. The second-order valence-corrected chi connectivity index (χ2v) is 13.2. The number of aliphatic carboxylic acids is 1. The second kappa shape index (κ2) is 9.74. The minimum absolute atomic E-state index is 0.00278. The number of carboxylic acid groups (broad SMARTS) is 1. The van der Waals surface area contributed by atoms with Gasteiger partial charge in [0.25, 0.3) is 5.91 Å². The van der Waals surface area contributed by atoms with Crippen LogP contribution in [0.5, 0.6) is 5.75 Å². The summed E-state index contributed by atoms with van der Waals surface area (Å²) >= 11 is 2.74. The third kappa shape index (κ3) is 4.00. The predicted molar refractivity (Wildman–Crippen MR) is 142 cm³/mol. The zero-order valence-electron chi connectivity index (χ0n) is 21.3. The normalized spacial score (nSPS) is 32.1. The van der Waals surface area contributed by atoms with E-state index in [2.05, 4.69) is 4.98 Å². The van der Waals surface area contributed by atoms with Gasteiger partial charge in [0.2, 0.25) is 11.8 Å². The van der Waals surface area contributed by atoms with Crippen molar-refractivity contribution < 1.29 is 33.8 Å². The Labute approximate surface area is 236 Å². The van der Waals surface area contributed by atoms with Crippen LogP contribution in [0.25, 0.3) is 0 Å². The highest BCUT2D eigenvalue weighted by molar-refractivity contribution is 8.00. The smallest absolute Gasteiger partial charge is 0.323 e. The van der Waals surface area contributed by atoms with E-state index < -0.39 is 24.3 Å². The van der Waals surface area contributed by atoms with Crippen molar-refractivity contribution in [2.24, 2.45) is 29.6 Å². The number of carbonyl (C=O) groups is 4. The van der Waals surface area contributed by atoms with Gasteiger partial charge in [-0.2, -0.15) is 0 Å². The zero-order chi connectivity index (χ0) is 27.7. The highest BCUT2D eigenvalue weighted by Crippen LogP contribution is 2.68. The van der Waals surface area contributed by atoms with Crippen LogP contribution in [0.15, 0.2) is 34.1 Å². The number of carbonyl (C=O) groups excluding carboxylic acids is 3. The van der Waals surface area contributed by atoms with Gasteiger partial charge >= 0.3 is 10.8 Å². The molecule has 13 heteroatoms. The van der Waals surface area contributed by atoms with Crippen LogP contribution < -0.4 is 9.61 Å². The first-order chi connectivity index (χ1) is 19.3. The van der Waals surface area contributed by atoms with Gasteiger partial charge in [-0.15, -0.1) is 11.8 Å². The van der Waals surface area contributed by atoms with E-state index in [9.17, 15) is 29.1 Å². The molecule has 7 rings (SSSR count). The number of carboxylic acids is 1. The Morgan fingerprint density at radius 2 is 1.85 bits per heavy atom. The molecule has 0 spiro atoms. The highest BCUT2D eigenvalue weighted by atomic mass is 32.2. The number of aromatic amines is 1. The molecule has 3 amide bonds. The number of hydrogen-bond donors (Lipinski definition) is 2. The molecule has 1 aromatic heterocycles. The van der Waals surface area contributed by atoms with Crippen LogP contribution >= 0.6 is 23.1 Å². The van der Waals surface area contributed by atoms with E-state index in [1.54, 1.807) is 22.7 Å². The minimum atomic E-state index is -1.21. The average Bonchev–Trinajstić information content (AvgIpc) is 3.68. The lowest BCUT2D eigenvalue weighted by molar-refractivity contribution is -0.149. The third-order valence-corrected chi connectivity index (χ3v) is 11.6. The Hall–Kier alpha value is -3.16. The monoisotopic (exact) mass is 585 g/mol. The Morgan fingerprint density at radius 1 is 1.10 bits per heavy atom. The highest BCUT2D eigenvalue weighted by Gasteiger charge is 2.69. The maximum atomic E-state index is 13.3. The number of aromatic nitrogens is 1. The van der Waals surface area contributed by atoms with Gasteiger partial charge in [0.15, 0.2) is 6.61 Å². The summed E-state index contributed by atoms with van der Waals surface area (Å²) in [5.41, 5.74) is 0.923. The van der Waals surface area contributed by atoms with Crippen molar-refractivity contribution in [1.82, 2.24) is 14.8 Å². The van der Waals surface area contributed by atoms with E-state index in [0.717, 1.165) is 38.1 Å². The number of thioether (sulfide) groups is 1. The summed E-state index contributed by atoms with van der Waals surface area (Å²) in [7, 11) is 0. The standard InChI is InChI=1S/C27H27N3O8S2/c31-16(29-4-6-37-7-5-29)11-38-13-3-1-2-12(8-13)18-19-14-9-15(22(19)39-24-23(18)40-27(36)28-24)21-20(14)25(34)30(26(21)35)10-17(32)33/h1-3,8,14-15,18-22H,4-7,9-11H2,(H,28,36)(H,32,33)/t14?,15?,18-,19?,20?,21?,22?/m1/s1. The van der Waals surface area contributed by atoms with Gasteiger partial charge in [-0.3, -0.25) is 28.9 Å². The van der Waals surface area contributed by atoms with Crippen LogP contribution in [0.1, 0.15) is 22.8 Å². The maximum Gasteiger partial charge on any atom is 0.323 e. The third-order valence-electron chi connectivity index (χ3n) is 9.05. The molecule has 0 radical (unpaired) electrons. The summed E-state index contributed by atoms with van der Waals surface area (Å²) in [6.45, 7) is 1.39. The Bertz CT molecular complexity index is 1470. The summed E-state index contributed by atoms with van der Waals surface area (Å²) in [6, 6.07) is 7.54. The molecular formula is C27H27N3O8S2. The lowest BCUT2D eigenvalue weighted by Crippen LogP contribution is -2.43. The fourth-order valence-corrected chi connectivity index (χ4v) is 10.5. The first-order valence-corrected chi connectivity index (χ1v) is 15.1. The summed E-state index contributed by atoms with van der Waals surface area (Å²) in [4.78, 5) is 69.4. The molecule has 1 aromatic carbocycles. The van der Waals surface area contributed by atoms with E-state index in [-0.39, 0.29) is 58.1 Å². The molecule has 210 valence electrons. The molecule has 2 saturated carbocycles. The molecule has 2 saturated heterocycles. The summed E-state index contributed by atoms with van der Waals surface area (Å²) in [5, 5.41) is 10.1. The van der Waals surface area contributed by atoms with Gasteiger partial charge in [0.1, 0.15) is 12.3 Å². The Balaban J connectivity index is 1.19. The first-order valence-electron chi connectivity index (χ1n) is 13.4. The number of nitrogens with one attached hydrogen (secondary N) is 1. The lowest BCUT2D eigenvalue weighted by Gasteiger charge is -2.43. The maximum absolute atomic E-state index is 13.3. The number of hydrogen-bond acceptors (Lipinski definition) is 9. The fraction of sp³-hybridized carbons (Fsp3) is 0.519. The van der Waals surface area contributed by atoms with E-state index in [0.29, 0.717) is 32.1 Å². The molecule has 5 aliphatic rings. The van der Waals surface area contributed by atoms with Gasteiger partial charge in [0.05, 0.1) is 30.1 Å². The number of H-pyrrole nitrogens is 1. The lowest BCUT2D eigenvalue weighted by atomic mass is 9.68. The van der Waals surface area contributed by atoms with Crippen LogP contribution in [-0.2, 0) is 23.9 Å². The first kappa shape index (κ1) is 25.8. The molecule has 2 N–H and O–H groups in total. The molecule has 7 atom stereocenters. The van der Waals surface area contributed by atoms with Crippen LogP contribution in [0.3, 0.4) is 0 Å². The van der Waals surface area contributed by atoms with E-state index >= 15 is 0 Å². The van der Waals surface area contributed by atoms with Gasteiger partial charge < -0.3 is 24.5 Å². The fourth-order valence-electron chi connectivity index (χ4n) is 7.59. The topological polar surface area (TPSA) is 146 Å². The number of morpholine rings is 1. The Morgan fingerprint density at radius 3 is 2.60 bits per heavy atom. The Kier molecular flexibility index (Phi) is 6.28. The number of thiazole rings is 1. The zero-order valence-corrected chi connectivity index (χ0v) is 22.9. The van der Waals surface area contributed by atoms with Gasteiger partial charge in [-0.1, -0.05) is 23.5 Å². The molecule has 2 aromatic rings. The second-order valence-electron chi connectivity index (χ2n) is 11.0. The van der Waals surface area contributed by atoms with E-state index in [1.165, 1.54) is 0 Å². The molecule has 11 nitrogen and oxygen atoms in total. The van der Waals surface area contributed by atoms with Crippen molar-refractivity contribution >= 4 is 46.8 Å². The molecular weight excluding hydrogens is 558 g/mol. The minimum Gasteiger partial charge on any atom is -0.484 e. The van der Waals surface area contributed by atoms with Crippen molar-refractivity contribution in [2.75, 3.05) is 39.5 Å². The molecule has 2 aliphatic carbocycles. The number of amides is 3. The number of imide groups is 1. The van der Waals surface area contributed by atoms with E-state index in [4.69, 9.17) is 9.47 Å². The molecule has 3 aliphatic heterocycles. The number of benzene rings is 1. The van der Waals surface area contributed by atoms with Crippen molar-refractivity contribution in [3.8, 4) is 5.75 Å². The van der Waals surface area contributed by atoms with Gasteiger partial charge in [-0.05, 0) is 41.9 Å². The summed E-state index contributed by atoms with van der Waals surface area (Å²) in [6.07, 6.45) is 0.718. The molecule has 4 heterocycles. The molecule has 4 fully saturated rings. The largest absolute Gasteiger partial charge is 0.484 e. The van der Waals surface area contributed by atoms with Crippen LogP contribution in [-0.4, -0.2) is 88.3 Å². The summed E-state index contributed by atoms with van der Waals surface area (Å²) < 4.78 is 11.2.